The van der Waals surface area contributed by atoms with Gasteiger partial charge in [0.05, 0.1) is 15.9 Å². The summed E-state index contributed by atoms with van der Waals surface area (Å²) in [5, 5.41) is 5.11. The van der Waals surface area contributed by atoms with E-state index in [-0.39, 0.29) is 6.04 Å². The molecule has 0 saturated heterocycles. The van der Waals surface area contributed by atoms with Crippen molar-refractivity contribution in [1.29, 1.82) is 0 Å². The second kappa shape index (κ2) is 6.81. The summed E-state index contributed by atoms with van der Waals surface area (Å²) in [5.41, 5.74) is 8.85. The minimum atomic E-state index is -0.139. The fraction of sp³-hybridized carbons (Fsp3) is 0.400. The highest BCUT2D eigenvalue weighted by atomic mass is 79.9. The van der Waals surface area contributed by atoms with Crippen LogP contribution >= 0.6 is 27.5 Å². The summed E-state index contributed by atoms with van der Waals surface area (Å²) in [4.78, 5) is 0. The normalized spacial score (nSPS) is 12.5. The zero-order valence-corrected chi connectivity index (χ0v) is 14.7. The molecule has 0 radical (unpaired) electrons. The first-order valence-electron chi connectivity index (χ1n) is 6.83. The van der Waals surface area contributed by atoms with Gasteiger partial charge < -0.3 is 10.5 Å². The zero-order chi connectivity index (χ0) is 15.6. The van der Waals surface area contributed by atoms with E-state index in [2.05, 4.69) is 28.0 Å². The highest BCUT2D eigenvalue weighted by Gasteiger charge is 2.14. The van der Waals surface area contributed by atoms with Crippen LogP contribution in [0.25, 0.3) is 0 Å². The molecular formula is C15H19BrClN3O. The van der Waals surface area contributed by atoms with Gasteiger partial charge in [-0.2, -0.15) is 5.10 Å². The van der Waals surface area contributed by atoms with Crippen molar-refractivity contribution >= 4 is 27.5 Å². The fourth-order valence-corrected chi connectivity index (χ4v) is 2.74. The van der Waals surface area contributed by atoms with E-state index in [0.29, 0.717) is 11.6 Å². The second-order valence-corrected chi connectivity index (χ2v) is 6.15. The van der Waals surface area contributed by atoms with Crippen molar-refractivity contribution in [1.82, 2.24) is 9.78 Å². The molecule has 1 aromatic heterocycles. The molecule has 2 aromatic rings. The molecular weight excluding hydrogens is 354 g/mol. The monoisotopic (exact) mass is 371 g/mol. The number of aromatic nitrogens is 2. The Morgan fingerprint density at radius 2 is 2.19 bits per heavy atom. The van der Waals surface area contributed by atoms with Gasteiger partial charge in [-0.3, -0.25) is 4.68 Å². The van der Waals surface area contributed by atoms with Crippen LogP contribution in [0, 0.1) is 6.92 Å². The largest absolute Gasteiger partial charge is 0.487 e. The molecule has 0 aliphatic carbocycles. The lowest BCUT2D eigenvalue weighted by atomic mass is 10.1. The molecule has 0 bridgehead atoms. The first kappa shape index (κ1) is 16.3. The molecule has 6 heteroatoms. The molecule has 0 spiro atoms. The van der Waals surface area contributed by atoms with Gasteiger partial charge in [0.1, 0.15) is 12.4 Å². The predicted octanol–water partition coefficient (Wildman–Crippen LogP) is 4.23. The number of nitrogens with zero attached hydrogens (tertiary/aromatic N) is 2. The van der Waals surface area contributed by atoms with Crippen LogP contribution < -0.4 is 10.5 Å². The molecule has 1 heterocycles. The van der Waals surface area contributed by atoms with Gasteiger partial charge >= 0.3 is 0 Å². The van der Waals surface area contributed by atoms with Crippen LogP contribution in [0.5, 0.6) is 5.75 Å². The Morgan fingerprint density at radius 1 is 1.48 bits per heavy atom. The Kier molecular flexibility index (Phi) is 5.30. The summed E-state index contributed by atoms with van der Waals surface area (Å²) < 4.78 is 8.86. The van der Waals surface area contributed by atoms with E-state index in [0.717, 1.165) is 33.7 Å². The van der Waals surface area contributed by atoms with Gasteiger partial charge in [0.15, 0.2) is 0 Å². The minimum Gasteiger partial charge on any atom is -0.487 e. The summed E-state index contributed by atoms with van der Waals surface area (Å²) in [6.45, 7) is 7.16. The summed E-state index contributed by atoms with van der Waals surface area (Å²) in [5.74, 6) is 0.753. The maximum absolute atomic E-state index is 6.02. The van der Waals surface area contributed by atoms with Gasteiger partial charge in [-0.15, -0.1) is 0 Å². The molecule has 0 aliphatic rings. The Morgan fingerprint density at radius 3 is 2.81 bits per heavy atom. The third kappa shape index (κ3) is 3.59. The highest BCUT2D eigenvalue weighted by Crippen LogP contribution is 2.29. The van der Waals surface area contributed by atoms with Crippen molar-refractivity contribution in [3.63, 3.8) is 0 Å². The summed E-state index contributed by atoms with van der Waals surface area (Å²) in [7, 11) is 0. The Balaban J connectivity index is 2.25. The molecule has 0 fully saturated rings. The predicted molar refractivity (Wildman–Crippen MR) is 88.7 cm³/mol. The van der Waals surface area contributed by atoms with E-state index < -0.39 is 0 Å². The average Bonchev–Trinajstić information content (AvgIpc) is 2.72. The molecule has 2 rings (SSSR count). The SMILES string of the molecule is CCn1nc(C)c(Br)c1COc1ccc(Cl)cc1[C@@H](C)N. The highest BCUT2D eigenvalue weighted by molar-refractivity contribution is 9.10. The van der Waals surface area contributed by atoms with Crippen molar-refractivity contribution in [2.45, 2.75) is 40.0 Å². The molecule has 2 N–H and O–H groups in total. The molecule has 1 atom stereocenters. The number of halogens is 2. The molecule has 0 saturated carbocycles. The quantitative estimate of drug-likeness (QED) is 0.854. The standard InChI is InChI=1S/C15H19BrClN3O/c1-4-20-13(15(16)10(3)19-20)8-21-14-6-5-11(17)7-12(14)9(2)18/h5-7,9H,4,8,18H2,1-3H3/t9-/m1/s1. The lowest BCUT2D eigenvalue weighted by Gasteiger charge is -2.15. The van der Waals surface area contributed by atoms with Gasteiger partial charge in [0.25, 0.3) is 0 Å². The maximum atomic E-state index is 6.02. The first-order chi connectivity index (χ1) is 9.93. The number of hydrogen-bond acceptors (Lipinski definition) is 3. The van der Waals surface area contributed by atoms with Gasteiger partial charge in [-0.1, -0.05) is 11.6 Å². The molecule has 1 aromatic carbocycles. The van der Waals surface area contributed by atoms with Crippen LogP contribution in [-0.2, 0) is 13.2 Å². The lowest BCUT2D eigenvalue weighted by molar-refractivity contribution is 0.287. The van der Waals surface area contributed by atoms with Crippen molar-refractivity contribution in [3.8, 4) is 5.75 Å². The smallest absolute Gasteiger partial charge is 0.131 e. The Labute approximate surface area is 138 Å². The molecule has 0 amide bonds. The molecule has 4 nitrogen and oxygen atoms in total. The minimum absolute atomic E-state index is 0.139. The van der Waals surface area contributed by atoms with Crippen molar-refractivity contribution in [2.24, 2.45) is 5.73 Å². The number of nitrogens with two attached hydrogens (primary N) is 1. The summed E-state index contributed by atoms with van der Waals surface area (Å²) in [6, 6.07) is 5.37. The van der Waals surface area contributed by atoms with E-state index >= 15 is 0 Å². The van der Waals surface area contributed by atoms with Crippen molar-refractivity contribution in [2.75, 3.05) is 0 Å². The third-order valence-electron chi connectivity index (χ3n) is 3.28. The zero-order valence-electron chi connectivity index (χ0n) is 12.4. The molecule has 0 unspecified atom stereocenters. The summed E-state index contributed by atoms with van der Waals surface area (Å²) in [6.07, 6.45) is 0. The second-order valence-electron chi connectivity index (χ2n) is 4.92. The van der Waals surface area contributed by atoms with E-state index in [1.54, 1.807) is 6.07 Å². The number of rotatable bonds is 5. The Hall–Kier alpha value is -1.04. The molecule has 114 valence electrons. The Bertz CT molecular complexity index is 640. The van der Waals surface area contributed by atoms with E-state index in [1.807, 2.05) is 30.7 Å². The van der Waals surface area contributed by atoms with Crippen LogP contribution in [0.2, 0.25) is 5.02 Å². The molecule has 21 heavy (non-hydrogen) atoms. The third-order valence-corrected chi connectivity index (χ3v) is 4.55. The van der Waals surface area contributed by atoms with Crippen LogP contribution in [0.1, 0.15) is 36.8 Å². The van der Waals surface area contributed by atoms with Crippen molar-refractivity contribution in [3.05, 3.63) is 44.6 Å². The van der Waals surface area contributed by atoms with E-state index in [9.17, 15) is 0 Å². The van der Waals surface area contributed by atoms with Crippen LogP contribution in [0.4, 0.5) is 0 Å². The van der Waals surface area contributed by atoms with Gasteiger partial charge in [-0.05, 0) is 54.9 Å². The van der Waals surface area contributed by atoms with Crippen LogP contribution in [-0.4, -0.2) is 9.78 Å². The van der Waals surface area contributed by atoms with E-state index in [4.69, 9.17) is 22.1 Å². The summed E-state index contributed by atoms with van der Waals surface area (Å²) >= 11 is 9.59. The lowest BCUT2D eigenvalue weighted by Crippen LogP contribution is -2.10. The maximum Gasteiger partial charge on any atom is 0.131 e. The average molecular weight is 373 g/mol. The number of aryl methyl sites for hydroxylation is 2. The van der Waals surface area contributed by atoms with Crippen LogP contribution in [0.3, 0.4) is 0 Å². The number of hydrogen-bond donors (Lipinski definition) is 1. The number of benzene rings is 1. The van der Waals surface area contributed by atoms with E-state index in [1.165, 1.54) is 0 Å². The van der Waals surface area contributed by atoms with Gasteiger partial charge in [0, 0.05) is 23.2 Å². The molecule has 0 aliphatic heterocycles. The van der Waals surface area contributed by atoms with Crippen molar-refractivity contribution < 1.29 is 4.74 Å². The topological polar surface area (TPSA) is 53.1 Å². The fourth-order valence-electron chi connectivity index (χ4n) is 2.16. The van der Waals surface area contributed by atoms with Gasteiger partial charge in [0.2, 0.25) is 0 Å². The van der Waals surface area contributed by atoms with Gasteiger partial charge in [-0.25, -0.2) is 0 Å². The van der Waals surface area contributed by atoms with Crippen LogP contribution in [0.15, 0.2) is 22.7 Å². The number of ether oxygens (including phenoxy) is 1. The first-order valence-corrected chi connectivity index (χ1v) is 8.00.